The number of thioether (sulfide) groups is 1. The van der Waals surface area contributed by atoms with Crippen molar-refractivity contribution >= 4 is 29.3 Å². The van der Waals surface area contributed by atoms with E-state index in [1.165, 1.54) is 11.8 Å². The van der Waals surface area contributed by atoms with Gasteiger partial charge in [0.1, 0.15) is 6.33 Å². The zero-order chi connectivity index (χ0) is 17.6. The van der Waals surface area contributed by atoms with Crippen LogP contribution in [0.4, 0.5) is 0 Å². The van der Waals surface area contributed by atoms with Crippen LogP contribution in [0.5, 0.6) is 0 Å². The molecule has 128 valence electrons. The Morgan fingerprint density at radius 3 is 2.68 bits per heavy atom. The van der Waals surface area contributed by atoms with Crippen LogP contribution in [0.2, 0.25) is 5.02 Å². The zero-order valence-corrected chi connectivity index (χ0v) is 15.2. The number of nitrogens with zero attached hydrogens (tertiary/aromatic N) is 3. The summed E-state index contributed by atoms with van der Waals surface area (Å²) >= 11 is 7.42. The number of hydrogen-bond acceptors (Lipinski definition) is 4. The second-order valence-corrected chi connectivity index (χ2v) is 7.09. The van der Waals surface area contributed by atoms with Crippen LogP contribution in [0, 0.1) is 0 Å². The molecule has 0 saturated carbocycles. The average Bonchev–Trinajstić information content (AvgIpc) is 3.10. The van der Waals surface area contributed by atoms with Crippen LogP contribution < -0.4 is 5.32 Å². The first kappa shape index (κ1) is 17.5. The van der Waals surface area contributed by atoms with Gasteiger partial charge in [0.25, 0.3) is 0 Å². The smallest absolute Gasteiger partial charge is 0.233 e. The first-order chi connectivity index (χ1) is 12.1. The summed E-state index contributed by atoms with van der Waals surface area (Å²) in [5.41, 5.74) is 1.82. The molecule has 0 saturated heterocycles. The van der Waals surface area contributed by atoms with Crippen LogP contribution in [0.15, 0.2) is 66.1 Å². The van der Waals surface area contributed by atoms with Gasteiger partial charge in [0, 0.05) is 11.6 Å². The van der Waals surface area contributed by atoms with E-state index in [1.807, 2.05) is 55.5 Å². The van der Waals surface area contributed by atoms with Crippen molar-refractivity contribution < 1.29 is 4.79 Å². The van der Waals surface area contributed by atoms with E-state index in [0.717, 1.165) is 11.3 Å². The number of carbonyl (C=O) groups is 1. The quantitative estimate of drug-likeness (QED) is 0.670. The molecular weight excluding hydrogens is 356 g/mol. The molecule has 2 aromatic carbocycles. The van der Waals surface area contributed by atoms with Crippen molar-refractivity contribution in [2.45, 2.75) is 23.9 Å². The molecule has 3 aromatic rings. The Hall–Kier alpha value is -2.31. The standard InChI is InChI=1S/C18H17ClN4OS/c1-13(17(24)20-11-14-7-5-6-10-16(14)19)25-18-21-12-23(22-18)15-8-3-2-4-9-15/h2-10,12-13H,11H2,1H3,(H,20,24). The number of benzene rings is 2. The molecule has 1 heterocycles. The van der Waals surface area contributed by atoms with Crippen molar-refractivity contribution in [1.82, 2.24) is 20.1 Å². The van der Waals surface area contributed by atoms with Gasteiger partial charge < -0.3 is 5.32 Å². The molecule has 25 heavy (non-hydrogen) atoms. The number of amides is 1. The van der Waals surface area contributed by atoms with E-state index in [0.29, 0.717) is 16.7 Å². The minimum atomic E-state index is -0.311. The van der Waals surface area contributed by atoms with E-state index in [9.17, 15) is 4.79 Å². The zero-order valence-electron chi connectivity index (χ0n) is 13.6. The normalized spacial score (nSPS) is 11.9. The molecule has 1 aromatic heterocycles. The van der Waals surface area contributed by atoms with Gasteiger partial charge >= 0.3 is 0 Å². The van der Waals surface area contributed by atoms with Crippen molar-refractivity contribution in [3.8, 4) is 5.69 Å². The Balaban J connectivity index is 1.57. The average molecular weight is 373 g/mol. The van der Waals surface area contributed by atoms with Gasteiger partial charge in [-0.1, -0.05) is 59.8 Å². The molecule has 1 N–H and O–H groups in total. The molecule has 5 nitrogen and oxygen atoms in total. The Bertz CT molecular complexity index is 853. The van der Waals surface area contributed by atoms with Crippen LogP contribution in [-0.2, 0) is 11.3 Å². The Morgan fingerprint density at radius 1 is 1.20 bits per heavy atom. The van der Waals surface area contributed by atoms with Crippen molar-refractivity contribution in [3.05, 3.63) is 71.5 Å². The summed E-state index contributed by atoms with van der Waals surface area (Å²) in [6, 6.07) is 17.2. The van der Waals surface area contributed by atoms with Crippen LogP contribution >= 0.6 is 23.4 Å². The van der Waals surface area contributed by atoms with E-state index in [2.05, 4.69) is 15.4 Å². The van der Waals surface area contributed by atoms with Gasteiger partial charge in [0.2, 0.25) is 11.1 Å². The second-order valence-electron chi connectivity index (χ2n) is 5.38. The number of hydrogen-bond donors (Lipinski definition) is 1. The van der Waals surface area contributed by atoms with Crippen LogP contribution in [0.1, 0.15) is 12.5 Å². The highest BCUT2D eigenvalue weighted by Crippen LogP contribution is 2.20. The van der Waals surface area contributed by atoms with E-state index in [-0.39, 0.29) is 11.2 Å². The summed E-state index contributed by atoms with van der Waals surface area (Å²) in [7, 11) is 0. The lowest BCUT2D eigenvalue weighted by atomic mass is 10.2. The van der Waals surface area contributed by atoms with E-state index in [4.69, 9.17) is 11.6 Å². The first-order valence-electron chi connectivity index (χ1n) is 7.78. The topological polar surface area (TPSA) is 59.8 Å². The molecular formula is C18H17ClN4OS. The van der Waals surface area contributed by atoms with E-state index >= 15 is 0 Å². The number of halogens is 1. The molecule has 3 rings (SSSR count). The lowest BCUT2D eigenvalue weighted by molar-refractivity contribution is -0.120. The number of aromatic nitrogens is 3. The maximum atomic E-state index is 12.3. The Morgan fingerprint density at radius 2 is 1.92 bits per heavy atom. The predicted octanol–water partition coefficient (Wildman–Crippen LogP) is 3.72. The molecule has 0 radical (unpaired) electrons. The van der Waals surface area contributed by atoms with Crippen molar-refractivity contribution in [2.24, 2.45) is 0 Å². The molecule has 0 aliphatic carbocycles. The van der Waals surface area contributed by atoms with Crippen LogP contribution in [0.25, 0.3) is 5.69 Å². The molecule has 0 aliphatic rings. The third kappa shape index (κ3) is 4.61. The SMILES string of the molecule is CC(Sc1ncn(-c2ccccc2)n1)C(=O)NCc1ccccc1Cl. The summed E-state index contributed by atoms with van der Waals surface area (Å²) in [6.45, 7) is 2.23. The third-order valence-corrected chi connectivity index (χ3v) is 4.89. The third-order valence-electron chi connectivity index (χ3n) is 3.55. The van der Waals surface area contributed by atoms with Crippen LogP contribution in [0.3, 0.4) is 0 Å². The minimum Gasteiger partial charge on any atom is -0.351 e. The molecule has 1 atom stereocenters. The van der Waals surface area contributed by atoms with Gasteiger partial charge in [-0.05, 0) is 30.7 Å². The molecule has 1 amide bonds. The van der Waals surface area contributed by atoms with Gasteiger partial charge in [-0.25, -0.2) is 9.67 Å². The number of para-hydroxylation sites is 1. The fourth-order valence-electron chi connectivity index (χ4n) is 2.19. The largest absolute Gasteiger partial charge is 0.351 e. The van der Waals surface area contributed by atoms with Gasteiger partial charge in [-0.15, -0.1) is 5.10 Å². The van der Waals surface area contributed by atoms with E-state index in [1.54, 1.807) is 17.1 Å². The van der Waals surface area contributed by atoms with Crippen LogP contribution in [-0.4, -0.2) is 25.9 Å². The maximum Gasteiger partial charge on any atom is 0.233 e. The van der Waals surface area contributed by atoms with Gasteiger partial charge in [-0.2, -0.15) is 0 Å². The lowest BCUT2D eigenvalue weighted by Crippen LogP contribution is -2.30. The number of nitrogens with one attached hydrogen (secondary N) is 1. The highest BCUT2D eigenvalue weighted by Gasteiger charge is 2.17. The summed E-state index contributed by atoms with van der Waals surface area (Å²) in [5.74, 6) is -0.0824. The fraction of sp³-hybridized carbons (Fsp3) is 0.167. The van der Waals surface area contributed by atoms with Gasteiger partial charge in [-0.3, -0.25) is 4.79 Å². The molecule has 0 fully saturated rings. The molecule has 1 unspecified atom stereocenters. The minimum absolute atomic E-state index is 0.0824. The number of rotatable bonds is 6. The monoisotopic (exact) mass is 372 g/mol. The fourth-order valence-corrected chi connectivity index (χ4v) is 3.14. The predicted molar refractivity (Wildman–Crippen MR) is 100.0 cm³/mol. The summed E-state index contributed by atoms with van der Waals surface area (Å²) < 4.78 is 1.69. The highest BCUT2D eigenvalue weighted by atomic mass is 35.5. The molecule has 0 bridgehead atoms. The second kappa shape index (κ2) is 8.18. The summed E-state index contributed by atoms with van der Waals surface area (Å²) in [5, 5.41) is 8.19. The maximum absolute atomic E-state index is 12.3. The van der Waals surface area contributed by atoms with E-state index < -0.39 is 0 Å². The Kier molecular flexibility index (Phi) is 5.73. The molecule has 7 heteroatoms. The number of carbonyl (C=O) groups excluding carboxylic acids is 1. The summed E-state index contributed by atoms with van der Waals surface area (Å²) in [4.78, 5) is 16.5. The first-order valence-corrected chi connectivity index (χ1v) is 9.04. The van der Waals surface area contributed by atoms with Gasteiger partial charge in [0.05, 0.1) is 10.9 Å². The van der Waals surface area contributed by atoms with Gasteiger partial charge in [0.15, 0.2) is 0 Å². The molecule has 0 spiro atoms. The summed E-state index contributed by atoms with van der Waals surface area (Å²) in [6.07, 6.45) is 1.64. The Labute approximate surface area is 155 Å². The van der Waals surface area contributed by atoms with Crippen molar-refractivity contribution in [3.63, 3.8) is 0 Å². The van der Waals surface area contributed by atoms with Crippen molar-refractivity contribution in [2.75, 3.05) is 0 Å². The lowest BCUT2D eigenvalue weighted by Gasteiger charge is -2.11. The van der Waals surface area contributed by atoms with Crippen molar-refractivity contribution in [1.29, 1.82) is 0 Å². The molecule has 0 aliphatic heterocycles. The highest BCUT2D eigenvalue weighted by molar-refractivity contribution is 8.00.